The Balaban J connectivity index is 2.52. The van der Waals surface area contributed by atoms with Crippen molar-refractivity contribution in [2.45, 2.75) is 13.3 Å². The highest BCUT2D eigenvalue weighted by Crippen LogP contribution is 2.37. The zero-order valence-corrected chi connectivity index (χ0v) is 11.7. The van der Waals surface area contributed by atoms with Gasteiger partial charge in [-0.25, -0.2) is 4.98 Å². The molecule has 0 aliphatic heterocycles. The van der Waals surface area contributed by atoms with Crippen LogP contribution >= 0.6 is 34.5 Å². The molecule has 0 saturated heterocycles. The molecule has 2 N–H and O–H groups in total. The molecule has 0 aliphatic carbocycles. The van der Waals surface area contributed by atoms with E-state index in [0.29, 0.717) is 16.6 Å². The van der Waals surface area contributed by atoms with Crippen LogP contribution in [0.4, 0.5) is 0 Å². The molecule has 0 aliphatic rings. The number of benzene rings is 1. The van der Waals surface area contributed by atoms with Gasteiger partial charge in [0.2, 0.25) is 0 Å². The van der Waals surface area contributed by atoms with Gasteiger partial charge in [0.25, 0.3) is 0 Å². The number of halogens is 2. The Morgan fingerprint density at radius 2 is 1.94 bits per heavy atom. The van der Waals surface area contributed by atoms with E-state index in [-0.39, 0.29) is 0 Å². The fourth-order valence-corrected chi connectivity index (χ4v) is 3.17. The van der Waals surface area contributed by atoms with Gasteiger partial charge in [0.1, 0.15) is 0 Å². The van der Waals surface area contributed by atoms with Crippen molar-refractivity contribution in [2.24, 2.45) is 5.73 Å². The third kappa shape index (κ3) is 2.63. The van der Waals surface area contributed by atoms with E-state index in [9.17, 15) is 0 Å². The third-order valence-corrected chi connectivity index (χ3v) is 4.06. The predicted octanol–water partition coefficient (Wildman–Crippen LogP) is 3.93. The lowest BCUT2D eigenvalue weighted by atomic mass is 10.1. The molecule has 1 heterocycles. The molecule has 0 fully saturated rings. The smallest absolute Gasteiger partial charge is 0.0947 e. The molecule has 2 nitrogen and oxygen atoms in total. The summed E-state index contributed by atoms with van der Waals surface area (Å²) in [4.78, 5) is 5.68. The van der Waals surface area contributed by atoms with E-state index < -0.39 is 0 Å². The third-order valence-electron chi connectivity index (χ3n) is 2.40. The minimum atomic E-state index is 0.600. The van der Waals surface area contributed by atoms with Gasteiger partial charge in [0.05, 0.1) is 20.7 Å². The van der Waals surface area contributed by atoms with E-state index in [0.717, 1.165) is 27.6 Å². The minimum absolute atomic E-state index is 0.600. The normalized spacial score (nSPS) is 10.8. The monoisotopic (exact) mass is 286 g/mol. The molecule has 2 rings (SSSR count). The molecule has 0 bridgehead atoms. The average molecular weight is 287 g/mol. The number of nitrogens with zero attached hydrogens (tertiary/aromatic N) is 1. The molecular weight excluding hydrogens is 275 g/mol. The molecule has 0 unspecified atom stereocenters. The van der Waals surface area contributed by atoms with E-state index >= 15 is 0 Å². The fraction of sp³-hybridized carbons (Fsp3) is 0.250. The van der Waals surface area contributed by atoms with Gasteiger partial charge in [-0.05, 0) is 25.6 Å². The van der Waals surface area contributed by atoms with E-state index in [1.54, 1.807) is 11.3 Å². The van der Waals surface area contributed by atoms with Crippen LogP contribution in [0.2, 0.25) is 10.0 Å². The number of aromatic nitrogens is 1. The summed E-state index contributed by atoms with van der Waals surface area (Å²) in [5, 5.41) is 2.28. The Labute approximate surface area is 114 Å². The first kappa shape index (κ1) is 12.8. The number of hydrogen-bond acceptors (Lipinski definition) is 3. The zero-order valence-electron chi connectivity index (χ0n) is 9.34. The van der Waals surface area contributed by atoms with Gasteiger partial charge in [-0.2, -0.15) is 0 Å². The zero-order chi connectivity index (χ0) is 12.4. The van der Waals surface area contributed by atoms with Crippen LogP contribution in [0, 0.1) is 6.92 Å². The van der Waals surface area contributed by atoms with Crippen molar-refractivity contribution in [1.82, 2.24) is 4.98 Å². The van der Waals surface area contributed by atoms with E-state index in [2.05, 4.69) is 4.98 Å². The van der Waals surface area contributed by atoms with Crippen molar-refractivity contribution in [1.29, 1.82) is 0 Å². The number of aryl methyl sites for hydroxylation is 1. The Kier molecular flexibility index (Phi) is 4.05. The number of nitrogens with two attached hydrogens (primary N) is 1. The van der Waals surface area contributed by atoms with Crippen molar-refractivity contribution in [2.75, 3.05) is 6.54 Å². The molecule has 0 saturated carbocycles. The van der Waals surface area contributed by atoms with Gasteiger partial charge in [-0.1, -0.05) is 29.3 Å². The summed E-state index contributed by atoms with van der Waals surface area (Å²) in [5.74, 6) is 0. The first-order chi connectivity index (χ1) is 8.13. The summed E-state index contributed by atoms with van der Waals surface area (Å²) in [6.07, 6.45) is 0.785. The van der Waals surface area contributed by atoms with Crippen molar-refractivity contribution in [3.63, 3.8) is 0 Å². The van der Waals surface area contributed by atoms with Gasteiger partial charge < -0.3 is 5.73 Å². The van der Waals surface area contributed by atoms with E-state index in [4.69, 9.17) is 28.9 Å². The lowest BCUT2D eigenvalue weighted by Crippen LogP contribution is -2.02. The van der Waals surface area contributed by atoms with Gasteiger partial charge in [-0.15, -0.1) is 11.3 Å². The Bertz CT molecular complexity index is 517. The average Bonchev–Trinajstić information content (AvgIpc) is 2.60. The van der Waals surface area contributed by atoms with Crippen LogP contribution in [0.25, 0.3) is 11.3 Å². The highest BCUT2D eigenvalue weighted by molar-refractivity contribution is 7.12. The highest BCUT2D eigenvalue weighted by atomic mass is 35.5. The first-order valence-corrected chi connectivity index (χ1v) is 6.81. The number of rotatable bonds is 3. The number of thiazole rings is 1. The fourth-order valence-electron chi connectivity index (χ4n) is 1.64. The van der Waals surface area contributed by atoms with Gasteiger partial charge >= 0.3 is 0 Å². The second-order valence-corrected chi connectivity index (χ2v) is 5.75. The van der Waals surface area contributed by atoms with Crippen LogP contribution in [0.1, 0.15) is 9.88 Å². The lowest BCUT2D eigenvalue weighted by Gasteiger charge is -2.04. The van der Waals surface area contributed by atoms with E-state index in [1.807, 2.05) is 25.1 Å². The molecule has 17 heavy (non-hydrogen) atoms. The van der Waals surface area contributed by atoms with Crippen LogP contribution < -0.4 is 5.73 Å². The summed E-state index contributed by atoms with van der Waals surface area (Å²) >= 11 is 14.0. The summed E-state index contributed by atoms with van der Waals surface area (Å²) in [6.45, 7) is 2.62. The number of hydrogen-bond donors (Lipinski definition) is 1. The van der Waals surface area contributed by atoms with Crippen LogP contribution in [-0.2, 0) is 6.42 Å². The second-order valence-electron chi connectivity index (χ2n) is 3.65. The molecule has 0 amide bonds. The molecule has 1 aromatic carbocycles. The predicted molar refractivity (Wildman–Crippen MR) is 75.1 cm³/mol. The van der Waals surface area contributed by atoms with Gasteiger partial charge in [0, 0.05) is 16.9 Å². The molecular formula is C12H12Cl2N2S. The summed E-state index contributed by atoms with van der Waals surface area (Å²) in [7, 11) is 0. The minimum Gasteiger partial charge on any atom is -0.330 e. The molecule has 0 atom stereocenters. The van der Waals surface area contributed by atoms with Crippen LogP contribution in [0.5, 0.6) is 0 Å². The van der Waals surface area contributed by atoms with Gasteiger partial charge in [0.15, 0.2) is 0 Å². The van der Waals surface area contributed by atoms with Crippen LogP contribution in [-0.4, -0.2) is 11.5 Å². The molecule has 0 spiro atoms. The topological polar surface area (TPSA) is 38.9 Å². The molecule has 2 aromatic rings. The Morgan fingerprint density at radius 1 is 1.29 bits per heavy atom. The maximum atomic E-state index is 6.18. The van der Waals surface area contributed by atoms with Crippen molar-refractivity contribution in [3.8, 4) is 11.3 Å². The van der Waals surface area contributed by atoms with Crippen LogP contribution in [0.15, 0.2) is 18.2 Å². The summed E-state index contributed by atoms with van der Waals surface area (Å²) in [6, 6.07) is 5.48. The second kappa shape index (κ2) is 5.36. The molecule has 90 valence electrons. The summed E-state index contributed by atoms with van der Waals surface area (Å²) < 4.78 is 0. The maximum absolute atomic E-state index is 6.18. The van der Waals surface area contributed by atoms with Crippen molar-refractivity contribution >= 4 is 34.5 Å². The highest BCUT2D eigenvalue weighted by Gasteiger charge is 2.15. The largest absolute Gasteiger partial charge is 0.330 e. The Hall–Kier alpha value is -0.610. The standard InChI is InChI=1S/C12H12Cl2N2S/c1-7-12(16-10(17-7)5-6-15)11-8(13)3-2-4-9(11)14/h2-4H,5-6,15H2,1H3. The summed E-state index contributed by atoms with van der Waals surface area (Å²) in [5.41, 5.74) is 7.22. The molecule has 0 radical (unpaired) electrons. The molecule has 5 heteroatoms. The SMILES string of the molecule is Cc1sc(CCN)nc1-c1c(Cl)cccc1Cl. The van der Waals surface area contributed by atoms with Gasteiger partial charge in [-0.3, -0.25) is 0 Å². The maximum Gasteiger partial charge on any atom is 0.0947 e. The van der Waals surface area contributed by atoms with E-state index in [1.165, 1.54) is 0 Å². The lowest BCUT2D eigenvalue weighted by molar-refractivity contribution is 0.954. The van der Waals surface area contributed by atoms with Crippen LogP contribution in [0.3, 0.4) is 0 Å². The van der Waals surface area contributed by atoms with Crippen molar-refractivity contribution < 1.29 is 0 Å². The molecule has 1 aromatic heterocycles. The van der Waals surface area contributed by atoms with Crippen molar-refractivity contribution in [3.05, 3.63) is 38.1 Å². The first-order valence-electron chi connectivity index (χ1n) is 5.24. The Morgan fingerprint density at radius 3 is 2.53 bits per heavy atom. The quantitative estimate of drug-likeness (QED) is 0.929.